The first-order valence-corrected chi connectivity index (χ1v) is 13.4. The normalized spacial score (nSPS) is 17.6. The van der Waals surface area contributed by atoms with Gasteiger partial charge in [-0.3, -0.25) is 4.79 Å². The Morgan fingerprint density at radius 3 is 2.50 bits per heavy atom. The molecule has 0 radical (unpaired) electrons. The number of hydrogen-bond donors (Lipinski definition) is 0. The smallest absolute Gasteiger partial charge is 0.350 e. The monoisotopic (exact) mass is 538 g/mol. The fourth-order valence-corrected chi connectivity index (χ4v) is 6.00. The molecule has 0 unspecified atom stereocenters. The minimum atomic E-state index is -2.74. The topological polar surface area (TPSA) is 76.8 Å². The van der Waals surface area contributed by atoms with Crippen LogP contribution in [0.5, 0.6) is 0 Å². The predicted octanol–water partition coefficient (Wildman–Crippen LogP) is 6.34. The molecule has 3 heterocycles. The third-order valence-electron chi connectivity index (χ3n) is 7.03. The molecule has 10 heteroatoms. The molecule has 0 N–H and O–H groups in total. The fourth-order valence-electron chi connectivity index (χ4n) is 4.91. The molecule has 3 aromatic heterocycles. The Labute approximate surface area is 223 Å². The zero-order valence-corrected chi connectivity index (χ0v) is 22.0. The molecule has 7 nitrogen and oxygen atoms in total. The zero-order chi connectivity index (χ0) is 26.8. The third kappa shape index (κ3) is 5.31. The van der Waals surface area contributed by atoms with Crippen LogP contribution in [0.2, 0.25) is 0 Å². The van der Waals surface area contributed by atoms with Crippen LogP contribution in [0.4, 0.5) is 14.5 Å². The van der Waals surface area contributed by atoms with Crippen molar-refractivity contribution in [3.05, 3.63) is 59.7 Å². The van der Waals surface area contributed by atoms with Gasteiger partial charge in [0.2, 0.25) is 5.91 Å². The first kappa shape index (κ1) is 26.0. The number of nitrogens with zero attached hydrogens (tertiary/aromatic N) is 4. The standard InChI is InChI=1S/C28H28F2N4O3S/c1-17-4-6-20(7-5-17)27(35)33(16-24(29)30)22-15-23(38-26(22)28(36)37-2)19-10-8-18(9-11-19)21-14-25-31-12-3-13-34(25)32-21/h3,8-15,17,20,24H,4-7,16H2,1-2H3/t17-,20-. The number of aromatic nitrogens is 3. The summed E-state index contributed by atoms with van der Waals surface area (Å²) in [6, 6.07) is 12.9. The number of benzene rings is 1. The number of ether oxygens (including phenoxy) is 1. The lowest BCUT2D eigenvalue weighted by Gasteiger charge is -2.31. The summed E-state index contributed by atoms with van der Waals surface area (Å²) >= 11 is 1.13. The van der Waals surface area contributed by atoms with E-state index in [1.807, 2.05) is 36.5 Å². The van der Waals surface area contributed by atoms with Crippen LogP contribution in [0.25, 0.3) is 27.3 Å². The highest BCUT2D eigenvalue weighted by Crippen LogP contribution is 2.40. The van der Waals surface area contributed by atoms with Crippen LogP contribution in [0.15, 0.2) is 54.9 Å². The largest absolute Gasteiger partial charge is 0.465 e. The van der Waals surface area contributed by atoms with Gasteiger partial charge in [-0.05, 0) is 49.3 Å². The number of halogens is 2. The average Bonchev–Trinajstić information content (AvgIpc) is 3.56. The van der Waals surface area contributed by atoms with Gasteiger partial charge in [-0.1, -0.05) is 31.2 Å². The van der Waals surface area contributed by atoms with Crippen molar-refractivity contribution in [3.63, 3.8) is 0 Å². The summed E-state index contributed by atoms with van der Waals surface area (Å²) in [6.07, 6.45) is 3.86. The molecule has 1 aromatic carbocycles. The van der Waals surface area contributed by atoms with E-state index in [2.05, 4.69) is 17.0 Å². The molecule has 0 bridgehead atoms. The summed E-state index contributed by atoms with van der Waals surface area (Å²) in [7, 11) is 1.24. The van der Waals surface area contributed by atoms with Crippen LogP contribution in [-0.2, 0) is 9.53 Å². The number of amides is 1. The number of carbonyl (C=O) groups is 2. The zero-order valence-electron chi connectivity index (χ0n) is 21.1. The molecular weight excluding hydrogens is 510 g/mol. The molecule has 0 saturated heterocycles. The Morgan fingerprint density at radius 2 is 1.84 bits per heavy atom. The molecule has 0 aliphatic heterocycles. The van der Waals surface area contributed by atoms with Crippen molar-refractivity contribution in [1.82, 2.24) is 14.6 Å². The lowest BCUT2D eigenvalue weighted by Crippen LogP contribution is -2.41. The first-order chi connectivity index (χ1) is 18.3. The molecule has 198 valence electrons. The minimum Gasteiger partial charge on any atom is -0.465 e. The van der Waals surface area contributed by atoms with Crippen LogP contribution in [-0.4, -0.2) is 46.6 Å². The Balaban J connectivity index is 1.48. The van der Waals surface area contributed by atoms with Crippen LogP contribution in [0.1, 0.15) is 42.3 Å². The second-order valence-electron chi connectivity index (χ2n) is 9.64. The van der Waals surface area contributed by atoms with E-state index in [-0.39, 0.29) is 22.4 Å². The van der Waals surface area contributed by atoms with Crippen molar-refractivity contribution >= 4 is 34.5 Å². The Morgan fingerprint density at radius 1 is 1.13 bits per heavy atom. The molecule has 38 heavy (non-hydrogen) atoms. The van der Waals surface area contributed by atoms with Crippen LogP contribution in [0, 0.1) is 11.8 Å². The summed E-state index contributed by atoms with van der Waals surface area (Å²) < 4.78 is 34.0. The van der Waals surface area contributed by atoms with Crippen LogP contribution < -0.4 is 4.90 Å². The molecule has 1 fully saturated rings. The van der Waals surface area contributed by atoms with Gasteiger partial charge in [-0.25, -0.2) is 23.1 Å². The number of esters is 1. The summed E-state index contributed by atoms with van der Waals surface area (Å²) in [6.45, 7) is 1.36. The number of fused-ring (bicyclic) bond motifs is 1. The summed E-state index contributed by atoms with van der Waals surface area (Å²) in [5.41, 5.74) is 3.33. The van der Waals surface area contributed by atoms with Gasteiger partial charge in [0, 0.05) is 34.8 Å². The molecule has 1 amide bonds. The molecule has 4 aromatic rings. The second kappa shape index (κ2) is 11.0. The number of hydrogen-bond acceptors (Lipinski definition) is 6. The SMILES string of the molecule is COC(=O)c1sc(-c2ccc(-c3cc4ncccn4n3)cc2)cc1N(CC(F)F)C(=O)[C@H]1CC[C@H](C)CC1. The second-order valence-corrected chi connectivity index (χ2v) is 10.7. The lowest BCUT2D eigenvalue weighted by molar-refractivity contribution is -0.124. The third-order valence-corrected chi connectivity index (χ3v) is 8.18. The fraction of sp³-hybridized carbons (Fsp3) is 0.357. The number of thiophene rings is 1. The van der Waals surface area contributed by atoms with Gasteiger partial charge in [-0.2, -0.15) is 5.10 Å². The van der Waals surface area contributed by atoms with E-state index in [1.54, 1.807) is 22.8 Å². The molecular formula is C28H28F2N4O3S. The van der Waals surface area contributed by atoms with E-state index in [9.17, 15) is 18.4 Å². The summed E-state index contributed by atoms with van der Waals surface area (Å²) in [5.74, 6) is -0.837. The van der Waals surface area contributed by atoms with Gasteiger partial charge < -0.3 is 9.64 Å². The van der Waals surface area contributed by atoms with Gasteiger partial charge >= 0.3 is 5.97 Å². The van der Waals surface area contributed by atoms with Crippen molar-refractivity contribution in [3.8, 4) is 21.7 Å². The lowest BCUT2D eigenvalue weighted by atomic mass is 9.82. The quantitative estimate of drug-likeness (QED) is 0.257. The number of methoxy groups -OCH3 is 1. The maximum atomic E-state index is 13.7. The molecule has 5 rings (SSSR count). The average molecular weight is 539 g/mol. The molecule has 1 aliphatic rings. The highest BCUT2D eigenvalue weighted by molar-refractivity contribution is 7.18. The Bertz CT molecular complexity index is 1410. The Kier molecular flexibility index (Phi) is 7.51. The van der Waals surface area contributed by atoms with Crippen molar-refractivity contribution in [2.24, 2.45) is 11.8 Å². The maximum absolute atomic E-state index is 13.7. The van der Waals surface area contributed by atoms with Gasteiger partial charge in [0.15, 0.2) is 5.65 Å². The molecule has 0 spiro atoms. The van der Waals surface area contributed by atoms with Crippen molar-refractivity contribution < 1.29 is 23.1 Å². The first-order valence-electron chi connectivity index (χ1n) is 12.6. The number of carbonyl (C=O) groups excluding carboxylic acids is 2. The van der Waals surface area contributed by atoms with Gasteiger partial charge in [0.05, 0.1) is 25.0 Å². The summed E-state index contributed by atoms with van der Waals surface area (Å²) in [5, 5.41) is 4.54. The molecule has 1 saturated carbocycles. The number of alkyl halides is 2. The van der Waals surface area contributed by atoms with E-state index in [0.717, 1.165) is 51.5 Å². The molecule has 1 aliphatic carbocycles. The van der Waals surface area contributed by atoms with Crippen LogP contribution >= 0.6 is 11.3 Å². The van der Waals surface area contributed by atoms with E-state index >= 15 is 0 Å². The van der Waals surface area contributed by atoms with Crippen molar-refractivity contribution in [1.29, 1.82) is 0 Å². The highest BCUT2D eigenvalue weighted by atomic mass is 32.1. The van der Waals surface area contributed by atoms with Gasteiger partial charge in [0.1, 0.15) is 4.88 Å². The van der Waals surface area contributed by atoms with Gasteiger partial charge in [0.25, 0.3) is 6.43 Å². The van der Waals surface area contributed by atoms with E-state index in [0.29, 0.717) is 23.6 Å². The predicted molar refractivity (Wildman–Crippen MR) is 143 cm³/mol. The molecule has 0 atom stereocenters. The van der Waals surface area contributed by atoms with Crippen molar-refractivity contribution in [2.45, 2.75) is 39.0 Å². The van der Waals surface area contributed by atoms with E-state index in [4.69, 9.17) is 4.74 Å². The highest BCUT2D eigenvalue weighted by Gasteiger charge is 2.33. The summed E-state index contributed by atoms with van der Waals surface area (Å²) in [4.78, 5) is 32.3. The maximum Gasteiger partial charge on any atom is 0.350 e. The van der Waals surface area contributed by atoms with Crippen molar-refractivity contribution in [2.75, 3.05) is 18.6 Å². The van der Waals surface area contributed by atoms with Gasteiger partial charge in [-0.15, -0.1) is 11.3 Å². The van der Waals surface area contributed by atoms with E-state index in [1.165, 1.54) is 7.11 Å². The van der Waals surface area contributed by atoms with Crippen LogP contribution in [0.3, 0.4) is 0 Å². The Hall–Kier alpha value is -3.66. The number of anilines is 1. The minimum absolute atomic E-state index is 0.135. The number of rotatable bonds is 7. The van der Waals surface area contributed by atoms with E-state index < -0.39 is 18.9 Å².